The maximum atomic E-state index is 11.2. The molecule has 1 heterocycles. The monoisotopic (exact) mass is 205 g/mol. The van der Waals surface area contributed by atoms with Gasteiger partial charge in [-0.05, 0) is 12.1 Å². The molecule has 0 spiro atoms. The maximum Gasteiger partial charge on any atom is 0.323 e. The molecule has 1 aromatic carbocycles. The van der Waals surface area contributed by atoms with Crippen LogP contribution >= 0.6 is 0 Å². The molecule has 0 saturated heterocycles. The standard InChI is InChI=1S/C10H11N3O2/c1-2-8(14)11-6-4-3-5-7-9(6)13-10(15)12-7/h3-5H,2H2,1H3,(H,11,14)(H2,12,13,15). The highest BCUT2D eigenvalue weighted by molar-refractivity contribution is 5.99. The van der Waals surface area contributed by atoms with Gasteiger partial charge < -0.3 is 15.3 Å². The summed E-state index contributed by atoms with van der Waals surface area (Å²) in [6.45, 7) is 1.77. The highest BCUT2D eigenvalue weighted by atomic mass is 16.2. The fourth-order valence-corrected chi connectivity index (χ4v) is 1.40. The number of hydrogen-bond donors (Lipinski definition) is 3. The van der Waals surface area contributed by atoms with E-state index in [4.69, 9.17) is 0 Å². The predicted molar refractivity (Wildman–Crippen MR) is 57.8 cm³/mol. The molecular weight excluding hydrogens is 194 g/mol. The van der Waals surface area contributed by atoms with Crippen LogP contribution in [0.25, 0.3) is 11.0 Å². The molecule has 0 saturated carbocycles. The Bertz CT molecular complexity index is 553. The zero-order valence-electron chi connectivity index (χ0n) is 8.26. The number of aromatic amines is 2. The fourth-order valence-electron chi connectivity index (χ4n) is 1.40. The molecule has 15 heavy (non-hydrogen) atoms. The summed E-state index contributed by atoms with van der Waals surface area (Å²) in [6, 6.07) is 5.30. The van der Waals surface area contributed by atoms with Gasteiger partial charge in [0.05, 0.1) is 16.7 Å². The van der Waals surface area contributed by atoms with Gasteiger partial charge in [0.15, 0.2) is 0 Å². The van der Waals surface area contributed by atoms with Crippen molar-refractivity contribution in [2.24, 2.45) is 0 Å². The highest BCUT2D eigenvalue weighted by Crippen LogP contribution is 2.18. The lowest BCUT2D eigenvalue weighted by atomic mass is 10.2. The van der Waals surface area contributed by atoms with Crippen molar-refractivity contribution < 1.29 is 4.79 Å². The third kappa shape index (κ3) is 1.76. The molecule has 2 aromatic rings. The van der Waals surface area contributed by atoms with Gasteiger partial charge in [-0.25, -0.2) is 4.79 Å². The normalized spacial score (nSPS) is 10.5. The van der Waals surface area contributed by atoms with E-state index in [0.29, 0.717) is 23.1 Å². The molecule has 0 aliphatic carbocycles. The summed E-state index contributed by atoms with van der Waals surface area (Å²) in [4.78, 5) is 27.5. The molecule has 3 N–H and O–H groups in total. The fraction of sp³-hybridized carbons (Fsp3) is 0.200. The number of carbonyl (C=O) groups is 1. The number of carbonyl (C=O) groups excluding carboxylic acids is 1. The first-order valence-electron chi connectivity index (χ1n) is 4.71. The van der Waals surface area contributed by atoms with E-state index in [1.165, 1.54) is 0 Å². The molecule has 0 radical (unpaired) electrons. The Labute approximate surface area is 85.5 Å². The first kappa shape index (κ1) is 9.51. The van der Waals surface area contributed by atoms with Crippen molar-refractivity contribution in [1.29, 1.82) is 0 Å². The average Bonchev–Trinajstić information content (AvgIpc) is 2.59. The second kappa shape index (κ2) is 3.61. The number of aromatic nitrogens is 2. The number of imidazole rings is 1. The molecule has 1 aromatic heterocycles. The second-order valence-corrected chi connectivity index (χ2v) is 3.21. The third-order valence-corrected chi connectivity index (χ3v) is 2.15. The van der Waals surface area contributed by atoms with E-state index in [2.05, 4.69) is 15.3 Å². The van der Waals surface area contributed by atoms with E-state index in [9.17, 15) is 9.59 Å². The van der Waals surface area contributed by atoms with Gasteiger partial charge in [0.2, 0.25) is 5.91 Å². The Balaban J connectivity index is 2.50. The lowest BCUT2D eigenvalue weighted by Gasteiger charge is -2.03. The van der Waals surface area contributed by atoms with Crippen molar-refractivity contribution in [1.82, 2.24) is 9.97 Å². The van der Waals surface area contributed by atoms with Crippen LogP contribution in [-0.4, -0.2) is 15.9 Å². The van der Waals surface area contributed by atoms with Crippen molar-refractivity contribution in [3.63, 3.8) is 0 Å². The quantitative estimate of drug-likeness (QED) is 0.689. The Morgan fingerprint density at radius 2 is 2.20 bits per heavy atom. The number of benzene rings is 1. The van der Waals surface area contributed by atoms with Crippen LogP contribution in [0.2, 0.25) is 0 Å². The number of H-pyrrole nitrogens is 2. The molecular formula is C10H11N3O2. The van der Waals surface area contributed by atoms with Crippen molar-refractivity contribution >= 4 is 22.6 Å². The molecule has 2 rings (SSSR count). The van der Waals surface area contributed by atoms with Gasteiger partial charge in [-0.1, -0.05) is 13.0 Å². The summed E-state index contributed by atoms with van der Waals surface area (Å²) >= 11 is 0. The minimum atomic E-state index is -0.275. The minimum absolute atomic E-state index is 0.0791. The number of anilines is 1. The van der Waals surface area contributed by atoms with Crippen LogP contribution in [0.4, 0.5) is 5.69 Å². The van der Waals surface area contributed by atoms with E-state index in [-0.39, 0.29) is 11.6 Å². The SMILES string of the molecule is CCC(=O)Nc1cccc2[nH]c(=O)[nH]c12. The Hall–Kier alpha value is -2.04. The van der Waals surface area contributed by atoms with Gasteiger partial charge in [0, 0.05) is 6.42 Å². The first-order chi connectivity index (χ1) is 7.20. The lowest BCUT2D eigenvalue weighted by molar-refractivity contribution is -0.115. The number of amides is 1. The Morgan fingerprint density at radius 1 is 1.40 bits per heavy atom. The third-order valence-electron chi connectivity index (χ3n) is 2.15. The van der Waals surface area contributed by atoms with Crippen LogP contribution < -0.4 is 11.0 Å². The summed E-state index contributed by atoms with van der Waals surface area (Å²) in [5.74, 6) is -0.0791. The topological polar surface area (TPSA) is 77.8 Å². The first-order valence-corrected chi connectivity index (χ1v) is 4.71. The van der Waals surface area contributed by atoms with Crippen LogP contribution in [-0.2, 0) is 4.79 Å². The van der Waals surface area contributed by atoms with Crippen LogP contribution in [0, 0.1) is 0 Å². The van der Waals surface area contributed by atoms with Gasteiger partial charge in [-0.3, -0.25) is 4.79 Å². The summed E-state index contributed by atoms with van der Waals surface area (Å²) in [7, 11) is 0. The van der Waals surface area contributed by atoms with Gasteiger partial charge in [-0.15, -0.1) is 0 Å². The van der Waals surface area contributed by atoms with E-state index in [1.54, 1.807) is 25.1 Å². The molecule has 78 valence electrons. The van der Waals surface area contributed by atoms with Crippen molar-refractivity contribution in [3.05, 3.63) is 28.7 Å². The summed E-state index contributed by atoms with van der Waals surface area (Å²) in [5, 5.41) is 2.72. The summed E-state index contributed by atoms with van der Waals surface area (Å²) in [6.07, 6.45) is 0.408. The van der Waals surface area contributed by atoms with Crippen LogP contribution in [0.15, 0.2) is 23.0 Å². The molecule has 5 heteroatoms. The maximum absolute atomic E-state index is 11.2. The predicted octanol–water partition coefficient (Wildman–Crippen LogP) is 1.20. The number of nitrogens with one attached hydrogen (secondary N) is 3. The zero-order valence-corrected chi connectivity index (χ0v) is 8.26. The molecule has 5 nitrogen and oxygen atoms in total. The number of hydrogen-bond acceptors (Lipinski definition) is 2. The lowest BCUT2D eigenvalue weighted by Crippen LogP contribution is -2.09. The van der Waals surface area contributed by atoms with Gasteiger partial charge in [-0.2, -0.15) is 0 Å². The van der Waals surface area contributed by atoms with E-state index in [1.807, 2.05) is 0 Å². The summed E-state index contributed by atoms with van der Waals surface area (Å²) in [5.41, 5.74) is 1.67. The zero-order chi connectivity index (χ0) is 10.8. The Morgan fingerprint density at radius 3 is 2.93 bits per heavy atom. The molecule has 0 aliphatic heterocycles. The number of para-hydroxylation sites is 1. The van der Waals surface area contributed by atoms with Gasteiger partial charge in [0.1, 0.15) is 0 Å². The Kier molecular flexibility index (Phi) is 2.29. The molecule has 0 aliphatic rings. The van der Waals surface area contributed by atoms with Gasteiger partial charge >= 0.3 is 5.69 Å². The molecule has 0 unspecified atom stereocenters. The average molecular weight is 205 g/mol. The molecule has 0 fully saturated rings. The van der Waals surface area contributed by atoms with E-state index in [0.717, 1.165) is 0 Å². The molecule has 1 amide bonds. The van der Waals surface area contributed by atoms with Crippen molar-refractivity contribution in [3.8, 4) is 0 Å². The van der Waals surface area contributed by atoms with E-state index < -0.39 is 0 Å². The second-order valence-electron chi connectivity index (χ2n) is 3.21. The number of rotatable bonds is 2. The van der Waals surface area contributed by atoms with Gasteiger partial charge in [0.25, 0.3) is 0 Å². The molecule has 0 bridgehead atoms. The minimum Gasteiger partial charge on any atom is -0.324 e. The highest BCUT2D eigenvalue weighted by Gasteiger charge is 2.05. The molecule has 0 atom stereocenters. The van der Waals surface area contributed by atoms with Crippen LogP contribution in [0.1, 0.15) is 13.3 Å². The largest absolute Gasteiger partial charge is 0.324 e. The van der Waals surface area contributed by atoms with Crippen LogP contribution in [0.5, 0.6) is 0 Å². The summed E-state index contributed by atoms with van der Waals surface area (Å²) < 4.78 is 0. The van der Waals surface area contributed by atoms with Crippen molar-refractivity contribution in [2.45, 2.75) is 13.3 Å². The van der Waals surface area contributed by atoms with Crippen LogP contribution in [0.3, 0.4) is 0 Å². The van der Waals surface area contributed by atoms with E-state index >= 15 is 0 Å². The number of fused-ring (bicyclic) bond motifs is 1. The van der Waals surface area contributed by atoms with Crippen molar-refractivity contribution in [2.75, 3.05) is 5.32 Å². The smallest absolute Gasteiger partial charge is 0.323 e.